The van der Waals surface area contributed by atoms with Gasteiger partial charge in [0.15, 0.2) is 5.58 Å². The van der Waals surface area contributed by atoms with Crippen LogP contribution in [-0.4, -0.2) is 9.97 Å². The zero-order chi connectivity index (χ0) is 32.3. The summed E-state index contributed by atoms with van der Waals surface area (Å²) in [5.41, 5.74) is 9.28. The number of anilines is 3. The minimum Gasteiger partial charge on any atom is -0.456 e. The predicted octanol–water partition coefficient (Wildman–Crippen LogP) is 12.2. The first-order chi connectivity index (χ1) is 24.3. The number of furan rings is 1. The molecule has 0 aliphatic heterocycles. The van der Waals surface area contributed by atoms with Crippen molar-refractivity contribution in [2.75, 3.05) is 4.90 Å². The Labute approximate surface area is 281 Å². The average molecular weight is 630 g/mol. The van der Waals surface area contributed by atoms with Crippen molar-refractivity contribution in [3.63, 3.8) is 0 Å². The number of nitrogens with zero attached hydrogens (tertiary/aromatic N) is 3. The van der Waals surface area contributed by atoms with Crippen molar-refractivity contribution in [2.24, 2.45) is 0 Å². The highest BCUT2D eigenvalue weighted by Gasteiger charge is 2.20. The van der Waals surface area contributed by atoms with Gasteiger partial charge in [0.05, 0.1) is 5.69 Å². The number of pyridine rings is 1. The van der Waals surface area contributed by atoms with E-state index in [4.69, 9.17) is 18.8 Å². The predicted molar refractivity (Wildman–Crippen MR) is 200 cm³/mol. The topological polar surface area (TPSA) is 55.3 Å². The fourth-order valence-corrected chi connectivity index (χ4v) is 7.07. The summed E-state index contributed by atoms with van der Waals surface area (Å²) in [5.74, 6) is 0.603. The van der Waals surface area contributed by atoms with Crippen molar-refractivity contribution in [2.45, 2.75) is 0 Å². The minimum absolute atomic E-state index is 0.603. The van der Waals surface area contributed by atoms with E-state index in [9.17, 15) is 0 Å². The second-order valence-electron chi connectivity index (χ2n) is 12.2. The molecule has 7 aromatic carbocycles. The molecule has 3 aromatic heterocycles. The first-order valence-corrected chi connectivity index (χ1v) is 16.3. The van der Waals surface area contributed by atoms with E-state index in [2.05, 4.69) is 95.9 Å². The van der Waals surface area contributed by atoms with Crippen molar-refractivity contribution in [3.05, 3.63) is 164 Å². The number of hydrogen-bond donors (Lipinski definition) is 0. The van der Waals surface area contributed by atoms with Gasteiger partial charge in [-0.05, 0) is 95.0 Å². The molecule has 230 valence electrons. The van der Waals surface area contributed by atoms with E-state index >= 15 is 0 Å². The first kappa shape index (κ1) is 27.4. The van der Waals surface area contributed by atoms with Crippen LogP contribution in [0.15, 0.2) is 173 Å². The molecule has 0 unspecified atom stereocenters. The van der Waals surface area contributed by atoms with Gasteiger partial charge in [-0.15, -0.1) is 0 Å². The Morgan fingerprint density at radius 1 is 0.490 bits per heavy atom. The summed E-state index contributed by atoms with van der Waals surface area (Å²) in [6, 6.07) is 54.3. The Balaban J connectivity index is 1.25. The number of benzene rings is 7. The van der Waals surface area contributed by atoms with E-state index in [0.717, 1.165) is 88.5 Å². The molecular formula is C44H27N3O2. The summed E-state index contributed by atoms with van der Waals surface area (Å²) < 4.78 is 13.0. The molecule has 0 aliphatic carbocycles. The zero-order valence-electron chi connectivity index (χ0n) is 26.2. The van der Waals surface area contributed by atoms with E-state index in [-0.39, 0.29) is 0 Å². The van der Waals surface area contributed by atoms with Crippen molar-refractivity contribution in [1.29, 1.82) is 0 Å². The van der Waals surface area contributed by atoms with Gasteiger partial charge in [0.2, 0.25) is 5.89 Å². The number of oxazole rings is 1. The maximum Gasteiger partial charge on any atom is 0.227 e. The fourth-order valence-electron chi connectivity index (χ4n) is 7.07. The molecule has 0 fully saturated rings. The van der Waals surface area contributed by atoms with E-state index in [1.165, 1.54) is 0 Å². The van der Waals surface area contributed by atoms with E-state index in [1.807, 2.05) is 72.9 Å². The van der Waals surface area contributed by atoms with Gasteiger partial charge >= 0.3 is 0 Å². The molecule has 0 saturated carbocycles. The highest BCUT2D eigenvalue weighted by Crippen LogP contribution is 2.44. The van der Waals surface area contributed by atoms with Gasteiger partial charge in [0.25, 0.3) is 0 Å². The molecule has 0 atom stereocenters. The SMILES string of the molecule is c1ccc(-c2nc3ccc4cc(-c5ccccn5)c5ccc(N(c6ccccc6)c6ccc7c(c6)oc6ccccc67)cc5c4c3o2)cc1. The Morgan fingerprint density at radius 3 is 2.06 bits per heavy atom. The van der Waals surface area contributed by atoms with Crippen LogP contribution in [0.2, 0.25) is 0 Å². The lowest BCUT2D eigenvalue weighted by atomic mass is 9.94. The van der Waals surface area contributed by atoms with Crippen LogP contribution in [0.25, 0.3) is 77.3 Å². The number of para-hydroxylation sites is 2. The summed E-state index contributed by atoms with van der Waals surface area (Å²) in [4.78, 5) is 12.0. The lowest BCUT2D eigenvalue weighted by Gasteiger charge is -2.26. The third kappa shape index (κ3) is 4.48. The molecule has 0 spiro atoms. The monoisotopic (exact) mass is 629 g/mol. The summed E-state index contributed by atoms with van der Waals surface area (Å²) in [7, 11) is 0. The quantitative estimate of drug-likeness (QED) is 0.177. The second-order valence-corrected chi connectivity index (χ2v) is 12.2. The molecule has 0 aliphatic rings. The average Bonchev–Trinajstić information content (AvgIpc) is 3.77. The maximum atomic E-state index is 6.61. The van der Waals surface area contributed by atoms with Crippen molar-refractivity contribution >= 4 is 71.6 Å². The van der Waals surface area contributed by atoms with Crippen LogP contribution in [0.4, 0.5) is 17.1 Å². The molecule has 49 heavy (non-hydrogen) atoms. The molecular weight excluding hydrogens is 603 g/mol. The molecule has 0 amide bonds. The van der Waals surface area contributed by atoms with Crippen LogP contribution in [0.1, 0.15) is 0 Å². The zero-order valence-corrected chi connectivity index (χ0v) is 26.2. The van der Waals surface area contributed by atoms with Crippen molar-refractivity contribution < 1.29 is 8.83 Å². The van der Waals surface area contributed by atoms with Gasteiger partial charge in [-0.1, -0.05) is 72.8 Å². The molecule has 0 radical (unpaired) electrons. The standard InChI is InChI=1S/C44H27N3O2/c1-3-11-28(12-4-1)44-46-39-23-18-29-25-36(38-16-9-10-24-45-38)33-21-19-31(26-37(33)42(29)43(39)49-44)47(30-13-5-2-6-14-30)32-20-22-35-34-15-7-8-17-40(34)48-41(35)27-32/h1-27H. The Morgan fingerprint density at radius 2 is 1.22 bits per heavy atom. The smallest absolute Gasteiger partial charge is 0.227 e. The molecule has 5 nitrogen and oxygen atoms in total. The normalized spacial score (nSPS) is 11.7. The number of rotatable bonds is 5. The van der Waals surface area contributed by atoms with Crippen LogP contribution in [0.5, 0.6) is 0 Å². The number of aromatic nitrogens is 2. The van der Waals surface area contributed by atoms with Crippen molar-refractivity contribution in [3.8, 4) is 22.7 Å². The molecule has 0 N–H and O–H groups in total. The van der Waals surface area contributed by atoms with Gasteiger partial charge < -0.3 is 13.7 Å². The lowest BCUT2D eigenvalue weighted by Crippen LogP contribution is -2.09. The number of hydrogen-bond acceptors (Lipinski definition) is 5. The Hall–Kier alpha value is -6.72. The van der Waals surface area contributed by atoms with Crippen molar-refractivity contribution in [1.82, 2.24) is 9.97 Å². The van der Waals surface area contributed by atoms with Crippen LogP contribution in [0, 0.1) is 0 Å². The first-order valence-electron chi connectivity index (χ1n) is 16.3. The largest absolute Gasteiger partial charge is 0.456 e. The highest BCUT2D eigenvalue weighted by atomic mass is 16.3. The summed E-state index contributed by atoms with van der Waals surface area (Å²) >= 11 is 0. The highest BCUT2D eigenvalue weighted by molar-refractivity contribution is 6.22. The Bertz CT molecular complexity index is 2820. The fraction of sp³-hybridized carbons (Fsp3) is 0. The van der Waals surface area contributed by atoms with Gasteiger partial charge in [-0.2, -0.15) is 0 Å². The molecule has 10 rings (SSSR count). The van der Waals surface area contributed by atoms with Crippen LogP contribution in [0.3, 0.4) is 0 Å². The minimum atomic E-state index is 0.603. The third-order valence-electron chi connectivity index (χ3n) is 9.31. The van der Waals surface area contributed by atoms with E-state index < -0.39 is 0 Å². The molecule has 10 aromatic rings. The van der Waals surface area contributed by atoms with E-state index in [0.29, 0.717) is 5.89 Å². The van der Waals surface area contributed by atoms with E-state index in [1.54, 1.807) is 0 Å². The molecule has 5 heteroatoms. The molecule has 3 heterocycles. The molecule has 0 bridgehead atoms. The number of fused-ring (bicyclic) bond motifs is 8. The van der Waals surface area contributed by atoms with Crippen LogP contribution in [-0.2, 0) is 0 Å². The van der Waals surface area contributed by atoms with Gasteiger partial charge in [-0.25, -0.2) is 4.98 Å². The molecule has 0 saturated heterocycles. The van der Waals surface area contributed by atoms with Crippen LogP contribution < -0.4 is 4.90 Å². The maximum absolute atomic E-state index is 6.61. The summed E-state index contributed by atoms with van der Waals surface area (Å²) in [6.07, 6.45) is 1.84. The van der Waals surface area contributed by atoms with Gasteiger partial charge in [0, 0.05) is 56.6 Å². The second kappa shape index (κ2) is 10.9. The summed E-state index contributed by atoms with van der Waals surface area (Å²) in [6.45, 7) is 0. The van der Waals surface area contributed by atoms with Gasteiger partial charge in [-0.3, -0.25) is 4.98 Å². The van der Waals surface area contributed by atoms with Crippen LogP contribution >= 0.6 is 0 Å². The lowest BCUT2D eigenvalue weighted by molar-refractivity contribution is 0.623. The van der Waals surface area contributed by atoms with Gasteiger partial charge in [0.1, 0.15) is 16.7 Å². The Kier molecular flexibility index (Phi) is 6.11. The third-order valence-corrected chi connectivity index (χ3v) is 9.31. The summed E-state index contributed by atoms with van der Waals surface area (Å²) in [5, 5.41) is 6.43.